The number of morpholine rings is 1. The van der Waals surface area contributed by atoms with E-state index in [2.05, 4.69) is 45.1 Å². The molecule has 3 aliphatic rings. The average Bonchev–Trinajstić information content (AvgIpc) is 3.47. The molecule has 1 aliphatic heterocycles. The Morgan fingerprint density at radius 1 is 1.04 bits per heavy atom. The van der Waals surface area contributed by atoms with Gasteiger partial charge >= 0.3 is 0 Å². The average molecular weight is 453 g/mol. The van der Waals surface area contributed by atoms with E-state index >= 15 is 0 Å². The molecule has 0 spiro atoms. The van der Waals surface area contributed by atoms with E-state index in [1.165, 1.54) is 52.0 Å². The fraction of sp³-hybridized carbons (Fsp3) is 0.565. The maximum absolute atomic E-state index is 5.57. The predicted octanol–water partition coefficient (Wildman–Crippen LogP) is 7.44. The molecule has 2 aliphatic carbocycles. The first-order valence-corrected chi connectivity index (χ1v) is 12.1. The summed E-state index contributed by atoms with van der Waals surface area (Å²) in [5.41, 5.74) is 6.27. The highest BCUT2D eigenvalue weighted by atomic mass is 79.9. The Morgan fingerprint density at radius 3 is 2.37 bits per heavy atom. The molecule has 0 unspecified atom stereocenters. The molecule has 0 saturated carbocycles. The van der Waals surface area contributed by atoms with Gasteiger partial charge < -0.3 is 9.64 Å². The maximum atomic E-state index is 5.57. The van der Waals surface area contributed by atoms with E-state index in [1.54, 1.807) is 11.1 Å². The van der Waals surface area contributed by atoms with Crippen molar-refractivity contribution < 1.29 is 4.74 Å². The zero-order valence-electron chi connectivity index (χ0n) is 17.3. The van der Waals surface area contributed by atoms with Crippen LogP contribution in [0.3, 0.4) is 0 Å². The molecule has 2 heterocycles. The van der Waals surface area contributed by atoms with Gasteiger partial charge in [0.1, 0.15) is 0 Å². The van der Waals surface area contributed by atoms with Crippen LogP contribution >= 0.6 is 27.3 Å². The van der Waals surface area contributed by atoms with E-state index in [0.29, 0.717) is 0 Å². The fourth-order valence-corrected chi connectivity index (χ4v) is 5.24. The lowest BCUT2D eigenvalue weighted by atomic mass is 10.0. The van der Waals surface area contributed by atoms with Crippen LogP contribution in [0, 0.1) is 0 Å². The minimum absolute atomic E-state index is 0.855. The zero-order valence-corrected chi connectivity index (χ0v) is 19.7. The van der Waals surface area contributed by atoms with Gasteiger partial charge in [-0.15, -0.1) is 11.3 Å². The summed E-state index contributed by atoms with van der Waals surface area (Å²) in [6, 6.07) is 4.36. The maximum Gasteiger partial charge on any atom is 0.0704 e. The monoisotopic (exact) mass is 451 g/mol. The molecule has 0 N–H and O–H groups in total. The van der Waals surface area contributed by atoms with Gasteiger partial charge in [-0.1, -0.05) is 33.8 Å². The Labute approximate surface area is 178 Å². The number of allylic oxidation sites excluding steroid dienone is 4. The summed E-state index contributed by atoms with van der Waals surface area (Å²) in [4.78, 5) is 3.92. The van der Waals surface area contributed by atoms with E-state index in [4.69, 9.17) is 4.74 Å². The molecule has 1 aromatic rings. The Kier molecular flexibility index (Phi) is 9.88. The van der Waals surface area contributed by atoms with Gasteiger partial charge in [-0.05, 0) is 83.0 Å². The van der Waals surface area contributed by atoms with Crippen molar-refractivity contribution in [3.63, 3.8) is 0 Å². The molecule has 1 aromatic heterocycles. The topological polar surface area (TPSA) is 12.5 Å². The van der Waals surface area contributed by atoms with Gasteiger partial charge in [0.2, 0.25) is 0 Å². The molecule has 1 saturated heterocycles. The first-order valence-electron chi connectivity index (χ1n) is 10.5. The lowest BCUT2D eigenvalue weighted by Crippen LogP contribution is -2.36. The molecule has 0 radical (unpaired) electrons. The van der Waals surface area contributed by atoms with E-state index < -0.39 is 0 Å². The largest absolute Gasteiger partial charge is 0.378 e. The SMILES string of the molecule is Brc1ccc(/C=C2\CCC(C3=CCCC3)=C2N2CCOCC2)s1.CC.CC. The third kappa shape index (κ3) is 5.82. The molecule has 4 heteroatoms. The lowest BCUT2D eigenvalue weighted by Gasteiger charge is -2.32. The van der Waals surface area contributed by atoms with Crippen molar-refractivity contribution in [1.29, 1.82) is 0 Å². The van der Waals surface area contributed by atoms with Crippen LogP contribution in [-0.2, 0) is 4.74 Å². The van der Waals surface area contributed by atoms with Crippen LogP contribution in [0.5, 0.6) is 0 Å². The van der Waals surface area contributed by atoms with Crippen molar-refractivity contribution in [2.45, 2.75) is 59.8 Å². The lowest BCUT2D eigenvalue weighted by molar-refractivity contribution is 0.0547. The molecule has 0 atom stereocenters. The molecule has 0 amide bonds. The first-order chi connectivity index (χ1) is 13.3. The minimum Gasteiger partial charge on any atom is -0.378 e. The highest BCUT2D eigenvalue weighted by Gasteiger charge is 2.28. The molecule has 150 valence electrons. The first kappa shape index (κ1) is 22.4. The molecule has 2 nitrogen and oxygen atoms in total. The second-order valence-electron chi connectivity index (χ2n) is 6.36. The Morgan fingerprint density at radius 2 is 1.78 bits per heavy atom. The summed E-state index contributed by atoms with van der Waals surface area (Å²) in [6.07, 6.45) is 11.1. The van der Waals surface area contributed by atoms with Crippen LogP contribution in [-0.4, -0.2) is 31.2 Å². The molecule has 0 bridgehead atoms. The Hall–Kier alpha value is -0.840. The molecule has 27 heavy (non-hydrogen) atoms. The quantitative estimate of drug-likeness (QED) is 0.473. The van der Waals surface area contributed by atoms with Crippen molar-refractivity contribution in [3.05, 3.63) is 49.3 Å². The summed E-state index contributed by atoms with van der Waals surface area (Å²) in [5, 5.41) is 0. The van der Waals surface area contributed by atoms with Crippen LogP contribution < -0.4 is 0 Å². The van der Waals surface area contributed by atoms with E-state index in [1.807, 2.05) is 39.0 Å². The highest BCUT2D eigenvalue weighted by molar-refractivity contribution is 9.11. The number of halogens is 1. The van der Waals surface area contributed by atoms with E-state index in [-0.39, 0.29) is 0 Å². The Bertz CT molecular complexity index is 680. The Balaban J connectivity index is 0.000000614. The van der Waals surface area contributed by atoms with Crippen LogP contribution in [0.4, 0.5) is 0 Å². The number of ether oxygens (including phenoxy) is 1. The van der Waals surface area contributed by atoms with E-state index in [9.17, 15) is 0 Å². The summed E-state index contributed by atoms with van der Waals surface area (Å²) < 4.78 is 6.78. The van der Waals surface area contributed by atoms with Gasteiger partial charge in [0, 0.05) is 23.7 Å². The predicted molar refractivity (Wildman–Crippen MR) is 123 cm³/mol. The molecule has 1 fully saturated rings. The zero-order chi connectivity index (χ0) is 19.6. The van der Waals surface area contributed by atoms with Crippen molar-refractivity contribution in [2.24, 2.45) is 0 Å². The van der Waals surface area contributed by atoms with Crippen molar-refractivity contribution >= 4 is 33.3 Å². The number of rotatable bonds is 3. The second kappa shape index (κ2) is 11.9. The van der Waals surface area contributed by atoms with Crippen molar-refractivity contribution in [2.75, 3.05) is 26.3 Å². The van der Waals surface area contributed by atoms with Crippen molar-refractivity contribution in [1.82, 2.24) is 4.90 Å². The number of hydrogen-bond acceptors (Lipinski definition) is 3. The third-order valence-electron chi connectivity index (χ3n) is 4.90. The summed E-state index contributed by atoms with van der Waals surface area (Å²) in [6.45, 7) is 11.8. The summed E-state index contributed by atoms with van der Waals surface area (Å²) in [5.74, 6) is 0. The highest BCUT2D eigenvalue weighted by Crippen LogP contribution is 2.42. The molecule has 4 rings (SSSR count). The standard InChI is InChI=1S/C19H22BrNOS.2C2H6/c20-18-8-6-16(23-18)13-15-5-7-17(14-3-1-2-4-14)19(15)21-9-11-22-12-10-21;2*1-2/h3,6,8,13H,1-2,4-5,7,9-12H2;2*1-2H3/b15-13+;;. The molecule has 0 aromatic carbocycles. The minimum atomic E-state index is 0.855. The van der Waals surface area contributed by atoms with E-state index in [0.717, 1.165) is 26.3 Å². The third-order valence-corrected chi connectivity index (χ3v) is 6.47. The second-order valence-corrected chi connectivity index (χ2v) is 8.85. The van der Waals surface area contributed by atoms with Crippen LogP contribution in [0.15, 0.2) is 44.4 Å². The van der Waals surface area contributed by atoms with Gasteiger partial charge in [0.25, 0.3) is 0 Å². The van der Waals surface area contributed by atoms with Crippen molar-refractivity contribution in [3.8, 4) is 0 Å². The van der Waals surface area contributed by atoms with Gasteiger partial charge in [-0.2, -0.15) is 0 Å². The smallest absolute Gasteiger partial charge is 0.0704 e. The fourth-order valence-electron chi connectivity index (χ4n) is 3.85. The molecular weight excluding hydrogens is 418 g/mol. The van der Waals surface area contributed by atoms with Gasteiger partial charge in [-0.25, -0.2) is 0 Å². The molecular formula is C23H34BrNOS. The number of hydrogen-bond donors (Lipinski definition) is 0. The summed E-state index contributed by atoms with van der Waals surface area (Å²) in [7, 11) is 0. The van der Waals surface area contributed by atoms with Gasteiger partial charge in [0.15, 0.2) is 0 Å². The number of thiophene rings is 1. The van der Waals surface area contributed by atoms with Crippen LogP contribution in [0.1, 0.15) is 64.7 Å². The normalized spacial score (nSPS) is 20.9. The van der Waals surface area contributed by atoms with Gasteiger partial charge in [-0.3, -0.25) is 0 Å². The van der Waals surface area contributed by atoms with Gasteiger partial charge in [0.05, 0.1) is 17.0 Å². The summed E-state index contributed by atoms with van der Waals surface area (Å²) >= 11 is 5.40. The van der Waals surface area contributed by atoms with Crippen LogP contribution in [0.2, 0.25) is 0 Å². The van der Waals surface area contributed by atoms with Crippen LogP contribution in [0.25, 0.3) is 6.08 Å². The number of nitrogens with zero attached hydrogens (tertiary/aromatic N) is 1.